The summed E-state index contributed by atoms with van der Waals surface area (Å²) in [6.07, 6.45) is 6.47. The number of benzene rings is 3. The van der Waals surface area contributed by atoms with Gasteiger partial charge in [-0.05, 0) is 85.2 Å². The van der Waals surface area contributed by atoms with Gasteiger partial charge in [-0.15, -0.1) is 0 Å². The predicted molar refractivity (Wildman–Crippen MR) is 166 cm³/mol. The first kappa shape index (κ1) is 29.9. The lowest BCUT2D eigenvalue weighted by molar-refractivity contribution is -0.143. The van der Waals surface area contributed by atoms with Crippen LogP contribution in [0.15, 0.2) is 66.7 Å². The zero-order valence-corrected chi connectivity index (χ0v) is 25.3. The van der Waals surface area contributed by atoms with E-state index in [-0.39, 0.29) is 23.6 Å². The highest BCUT2D eigenvalue weighted by Gasteiger charge is 2.51. The Morgan fingerprint density at radius 1 is 1.02 bits per heavy atom. The lowest BCUT2D eigenvalue weighted by atomic mass is 9.81. The van der Waals surface area contributed by atoms with Gasteiger partial charge in [-0.2, -0.15) is 0 Å². The van der Waals surface area contributed by atoms with Crippen LogP contribution in [-0.4, -0.2) is 37.1 Å². The van der Waals surface area contributed by atoms with Crippen LogP contribution in [0.2, 0.25) is 0 Å². The largest absolute Gasteiger partial charge is 0.497 e. The van der Waals surface area contributed by atoms with E-state index in [9.17, 15) is 27.5 Å². The fourth-order valence-electron chi connectivity index (χ4n) is 6.50. The van der Waals surface area contributed by atoms with Gasteiger partial charge in [0.05, 0.1) is 24.0 Å². The second kappa shape index (κ2) is 11.7. The SMILES string of the molecule is COc1ccc(-c2c(C3CCCCC3)c3ccc(C(=O)NS(=O)(=O)Cc4ccccc4F)cc3n2CC2(C(=O)O)CC2)cc1. The summed E-state index contributed by atoms with van der Waals surface area (Å²) in [5, 5.41) is 11.1. The number of nitrogens with zero attached hydrogens (tertiary/aromatic N) is 1. The van der Waals surface area contributed by atoms with Crippen LogP contribution in [0.5, 0.6) is 5.75 Å². The van der Waals surface area contributed by atoms with Crippen molar-refractivity contribution in [3.05, 3.63) is 89.2 Å². The van der Waals surface area contributed by atoms with Crippen molar-refractivity contribution in [2.75, 3.05) is 7.11 Å². The zero-order chi connectivity index (χ0) is 31.1. The van der Waals surface area contributed by atoms with Crippen molar-refractivity contribution in [1.29, 1.82) is 0 Å². The van der Waals surface area contributed by atoms with Crippen LogP contribution in [0.25, 0.3) is 22.2 Å². The Kier molecular flexibility index (Phi) is 7.96. The van der Waals surface area contributed by atoms with Crippen molar-refractivity contribution >= 4 is 32.8 Å². The number of methoxy groups -OCH3 is 1. The molecular formula is C34H35FN2O6S. The van der Waals surface area contributed by atoms with Gasteiger partial charge in [0.25, 0.3) is 5.91 Å². The number of ether oxygens (including phenoxy) is 1. The van der Waals surface area contributed by atoms with Gasteiger partial charge in [0.2, 0.25) is 10.0 Å². The molecule has 0 bridgehead atoms. The summed E-state index contributed by atoms with van der Waals surface area (Å²) in [6, 6.07) is 18.3. The number of sulfonamides is 1. The third kappa shape index (κ3) is 5.83. The number of nitrogens with one attached hydrogen (secondary N) is 1. The summed E-state index contributed by atoms with van der Waals surface area (Å²) in [5.74, 6) is -2.08. The van der Waals surface area contributed by atoms with E-state index in [0.29, 0.717) is 24.1 Å². The minimum atomic E-state index is -4.20. The summed E-state index contributed by atoms with van der Waals surface area (Å²) in [5.41, 5.74) is 2.83. The molecule has 8 nitrogen and oxygen atoms in total. The molecular weight excluding hydrogens is 583 g/mol. The van der Waals surface area contributed by atoms with E-state index in [4.69, 9.17) is 4.74 Å². The second-order valence-corrected chi connectivity index (χ2v) is 13.7. The van der Waals surface area contributed by atoms with Gasteiger partial charge in [-0.1, -0.05) is 43.5 Å². The van der Waals surface area contributed by atoms with Crippen LogP contribution < -0.4 is 9.46 Å². The van der Waals surface area contributed by atoms with Crippen molar-refractivity contribution < 1.29 is 32.2 Å². The molecule has 230 valence electrons. The Morgan fingerprint density at radius 2 is 1.73 bits per heavy atom. The van der Waals surface area contributed by atoms with E-state index < -0.39 is 38.9 Å². The minimum Gasteiger partial charge on any atom is -0.497 e. The highest BCUT2D eigenvalue weighted by molar-refractivity contribution is 7.89. The molecule has 2 aliphatic rings. The Balaban J connectivity index is 1.47. The molecule has 0 aliphatic heterocycles. The van der Waals surface area contributed by atoms with Crippen LogP contribution in [-0.2, 0) is 27.1 Å². The third-order valence-corrected chi connectivity index (χ3v) is 10.2. The first-order valence-corrected chi connectivity index (χ1v) is 16.6. The van der Waals surface area contributed by atoms with Crippen LogP contribution in [0.3, 0.4) is 0 Å². The highest BCUT2D eigenvalue weighted by Crippen LogP contribution is 2.51. The molecule has 1 amide bonds. The van der Waals surface area contributed by atoms with E-state index >= 15 is 0 Å². The van der Waals surface area contributed by atoms with Crippen molar-refractivity contribution in [3.63, 3.8) is 0 Å². The molecule has 0 saturated heterocycles. The Bertz CT molecular complexity index is 1840. The van der Waals surface area contributed by atoms with Gasteiger partial charge in [0.1, 0.15) is 11.6 Å². The Labute approximate surface area is 255 Å². The number of carboxylic acids is 1. The lowest BCUT2D eigenvalue weighted by Crippen LogP contribution is -2.31. The van der Waals surface area contributed by atoms with E-state index in [1.165, 1.54) is 30.7 Å². The fraction of sp³-hybridized carbons (Fsp3) is 0.353. The molecule has 0 unspecified atom stereocenters. The van der Waals surface area contributed by atoms with Crippen molar-refractivity contribution in [2.24, 2.45) is 5.41 Å². The van der Waals surface area contributed by atoms with Crippen LogP contribution in [0, 0.1) is 11.2 Å². The average Bonchev–Trinajstić information content (AvgIpc) is 3.74. The summed E-state index contributed by atoms with van der Waals surface area (Å²) < 4.78 is 49.4. The standard InChI is InChI=1S/C34H35FN2O6S/c1-43-26-14-11-23(12-15-26)31-30(22-7-3-2-4-8-22)27-16-13-24(19-29(27)37(31)21-34(17-18-34)33(39)40)32(38)36-44(41,42)20-25-9-5-6-10-28(25)35/h5-6,9-16,19,22H,2-4,7-8,17-18,20-21H2,1H3,(H,36,38)(H,39,40). The molecule has 1 aromatic heterocycles. The molecule has 3 aromatic carbocycles. The summed E-state index contributed by atoms with van der Waals surface area (Å²) in [7, 11) is -2.60. The number of carbonyl (C=O) groups excluding carboxylic acids is 1. The molecule has 0 atom stereocenters. The Hall–Kier alpha value is -4.18. The maximum absolute atomic E-state index is 14.1. The molecule has 2 N–H and O–H groups in total. The first-order valence-electron chi connectivity index (χ1n) is 14.9. The molecule has 2 aliphatic carbocycles. The van der Waals surface area contributed by atoms with E-state index in [1.807, 2.05) is 34.9 Å². The number of fused-ring (bicyclic) bond motifs is 1. The molecule has 0 radical (unpaired) electrons. The number of hydrogen-bond donors (Lipinski definition) is 2. The minimum absolute atomic E-state index is 0.0400. The van der Waals surface area contributed by atoms with E-state index in [2.05, 4.69) is 4.72 Å². The van der Waals surface area contributed by atoms with Crippen molar-refractivity contribution in [2.45, 2.75) is 63.2 Å². The number of aromatic nitrogens is 1. The van der Waals surface area contributed by atoms with Gasteiger partial charge in [0.15, 0.2) is 0 Å². The van der Waals surface area contributed by atoms with E-state index in [1.54, 1.807) is 19.2 Å². The Morgan fingerprint density at radius 3 is 2.36 bits per heavy atom. The highest BCUT2D eigenvalue weighted by atomic mass is 32.2. The van der Waals surface area contributed by atoms with Crippen LogP contribution >= 0.6 is 0 Å². The quantitative estimate of drug-likeness (QED) is 0.206. The predicted octanol–water partition coefficient (Wildman–Crippen LogP) is 6.63. The van der Waals surface area contributed by atoms with Gasteiger partial charge < -0.3 is 14.4 Å². The molecule has 4 aromatic rings. The normalized spacial score (nSPS) is 16.5. The summed E-state index contributed by atoms with van der Waals surface area (Å²) >= 11 is 0. The fourth-order valence-corrected chi connectivity index (χ4v) is 7.61. The van der Waals surface area contributed by atoms with Crippen molar-refractivity contribution in [1.82, 2.24) is 9.29 Å². The number of rotatable bonds is 10. The number of carbonyl (C=O) groups is 2. The van der Waals surface area contributed by atoms with E-state index in [0.717, 1.165) is 47.9 Å². The molecule has 0 spiro atoms. The third-order valence-electron chi connectivity index (χ3n) is 9.06. The maximum atomic E-state index is 14.1. The molecule has 2 fully saturated rings. The molecule has 44 heavy (non-hydrogen) atoms. The number of amides is 1. The number of halogens is 1. The van der Waals surface area contributed by atoms with Gasteiger partial charge >= 0.3 is 5.97 Å². The molecule has 6 rings (SSSR count). The molecule has 10 heteroatoms. The number of carboxylic acid groups (broad SMARTS) is 1. The van der Waals surface area contributed by atoms with Gasteiger partial charge in [-0.3, -0.25) is 9.59 Å². The number of hydrogen-bond acceptors (Lipinski definition) is 5. The van der Waals surface area contributed by atoms with Gasteiger partial charge in [-0.25, -0.2) is 17.5 Å². The molecule has 2 saturated carbocycles. The second-order valence-electron chi connectivity index (χ2n) is 12.0. The summed E-state index contributed by atoms with van der Waals surface area (Å²) in [6.45, 7) is 0.226. The summed E-state index contributed by atoms with van der Waals surface area (Å²) in [4.78, 5) is 25.7. The van der Waals surface area contributed by atoms with Gasteiger partial charge in [0, 0.05) is 28.6 Å². The number of aliphatic carboxylic acids is 1. The smallest absolute Gasteiger partial charge is 0.311 e. The van der Waals surface area contributed by atoms with Crippen molar-refractivity contribution in [3.8, 4) is 17.0 Å². The van der Waals surface area contributed by atoms with Crippen LogP contribution in [0.4, 0.5) is 4.39 Å². The lowest BCUT2D eigenvalue weighted by Gasteiger charge is -2.24. The first-order chi connectivity index (χ1) is 21.1. The molecule has 1 heterocycles. The monoisotopic (exact) mass is 618 g/mol. The topological polar surface area (TPSA) is 115 Å². The maximum Gasteiger partial charge on any atom is 0.311 e. The zero-order valence-electron chi connectivity index (χ0n) is 24.5. The average molecular weight is 619 g/mol. The van der Waals surface area contributed by atoms with Crippen LogP contribution in [0.1, 0.15) is 72.3 Å².